The molecule has 0 saturated heterocycles. The number of nitrogens with one attached hydrogen (secondary N) is 1. The van der Waals surface area contributed by atoms with Crippen LogP contribution in [0.2, 0.25) is 0 Å². The van der Waals surface area contributed by atoms with Gasteiger partial charge in [-0.05, 0) is 63.5 Å². The van der Waals surface area contributed by atoms with Crippen molar-refractivity contribution in [3.8, 4) is 22.2 Å². The van der Waals surface area contributed by atoms with E-state index in [1.165, 1.54) is 11.3 Å². The van der Waals surface area contributed by atoms with Crippen LogP contribution in [-0.2, 0) is 14.4 Å². The van der Waals surface area contributed by atoms with Crippen molar-refractivity contribution in [2.75, 3.05) is 20.7 Å². The van der Waals surface area contributed by atoms with E-state index in [1.54, 1.807) is 19.1 Å². The van der Waals surface area contributed by atoms with Gasteiger partial charge in [0.05, 0.1) is 30.2 Å². The molecule has 3 aliphatic rings. The second-order valence-corrected chi connectivity index (χ2v) is 14.1. The maximum atomic E-state index is 13.8. The number of aliphatic carboxylic acids is 1. The predicted octanol–water partition coefficient (Wildman–Crippen LogP) is 5.73. The lowest BCUT2D eigenvalue weighted by Gasteiger charge is -2.26. The third kappa shape index (κ3) is 5.97. The largest absolute Gasteiger partial charge is 0.496 e. The van der Waals surface area contributed by atoms with Crippen LogP contribution in [0.25, 0.3) is 21.6 Å². The zero-order valence-corrected chi connectivity index (χ0v) is 27.9. The number of aromatic nitrogens is 2. The van der Waals surface area contributed by atoms with Gasteiger partial charge in [-0.1, -0.05) is 26.0 Å². The van der Waals surface area contributed by atoms with Crippen molar-refractivity contribution in [3.63, 3.8) is 0 Å². The molecular formula is C35H42N4O6S. The van der Waals surface area contributed by atoms with Crippen LogP contribution in [0.15, 0.2) is 35.7 Å². The fourth-order valence-corrected chi connectivity index (χ4v) is 7.79. The van der Waals surface area contributed by atoms with Crippen LogP contribution in [-0.4, -0.2) is 70.1 Å². The molecule has 10 nitrogen and oxygen atoms in total. The van der Waals surface area contributed by atoms with Crippen LogP contribution in [0.3, 0.4) is 0 Å². The molecule has 1 aromatic carbocycles. The number of allylic oxidation sites excluding steroid dienone is 1. The summed E-state index contributed by atoms with van der Waals surface area (Å²) in [6, 6.07) is 5.70. The predicted molar refractivity (Wildman–Crippen MR) is 176 cm³/mol. The van der Waals surface area contributed by atoms with Gasteiger partial charge in [0.1, 0.15) is 33.8 Å². The summed E-state index contributed by atoms with van der Waals surface area (Å²) in [4.78, 5) is 51.5. The Kier molecular flexibility index (Phi) is 8.80. The minimum absolute atomic E-state index is 0.111. The minimum atomic E-state index is -1.33. The second-order valence-electron chi connectivity index (χ2n) is 13.2. The molecule has 3 heterocycles. The molecule has 2 aliphatic carbocycles. The number of carboxylic acids is 1. The number of hydrogen-bond donors (Lipinski definition) is 2. The summed E-state index contributed by atoms with van der Waals surface area (Å²) in [5, 5.41) is 16.6. The van der Waals surface area contributed by atoms with Crippen molar-refractivity contribution < 1.29 is 29.0 Å². The van der Waals surface area contributed by atoms with E-state index in [-0.39, 0.29) is 24.2 Å². The third-order valence-corrected chi connectivity index (χ3v) is 10.7. The molecule has 2 amide bonds. The number of pyridine rings is 1. The quantitative estimate of drug-likeness (QED) is 0.325. The molecule has 11 heteroatoms. The molecule has 0 bridgehead atoms. The van der Waals surface area contributed by atoms with E-state index >= 15 is 0 Å². The molecule has 5 unspecified atom stereocenters. The van der Waals surface area contributed by atoms with Crippen molar-refractivity contribution >= 4 is 40.0 Å². The molecule has 1 aliphatic heterocycles. The van der Waals surface area contributed by atoms with Crippen molar-refractivity contribution in [3.05, 3.63) is 47.0 Å². The van der Waals surface area contributed by atoms with Crippen LogP contribution < -0.4 is 14.8 Å². The highest BCUT2D eigenvalue weighted by Gasteiger charge is 2.61. The number of rotatable bonds is 6. The summed E-state index contributed by atoms with van der Waals surface area (Å²) in [7, 11) is 3.41. The Hall–Kier alpha value is -3.99. The number of carboxylic acid groups (broad SMARTS) is 1. The van der Waals surface area contributed by atoms with E-state index in [9.17, 15) is 19.5 Å². The SMILES string of the molecule is COc1ccc2c(OC3CC4C(=O)NC5(C(=O)O)CC5/C=C\CCCCN(C)C(=O)C4C3)cc(-c3nc(C(C)C)cs3)nc2c1C. The molecule has 6 rings (SSSR count). The van der Waals surface area contributed by atoms with Crippen molar-refractivity contribution in [2.45, 2.75) is 76.9 Å². The highest BCUT2D eigenvalue weighted by atomic mass is 32.1. The van der Waals surface area contributed by atoms with E-state index in [0.717, 1.165) is 46.4 Å². The fourth-order valence-electron chi connectivity index (χ4n) is 6.85. The van der Waals surface area contributed by atoms with E-state index < -0.39 is 35.4 Å². The molecule has 2 fully saturated rings. The maximum absolute atomic E-state index is 13.8. The number of nitrogens with zero attached hydrogens (tertiary/aromatic N) is 3. The summed E-state index contributed by atoms with van der Waals surface area (Å²) >= 11 is 1.53. The molecular weight excluding hydrogens is 604 g/mol. The minimum Gasteiger partial charge on any atom is -0.496 e. The van der Waals surface area contributed by atoms with E-state index in [2.05, 4.69) is 19.2 Å². The number of thiazole rings is 1. The fraction of sp³-hybridized carbons (Fsp3) is 0.514. The number of ether oxygens (including phenoxy) is 2. The molecule has 2 saturated carbocycles. The second kappa shape index (κ2) is 12.7. The summed E-state index contributed by atoms with van der Waals surface area (Å²) in [5.41, 5.74) is 1.94. The molecule has 2 N–H and O–H groups in total. The Morgan fingerprint density at radius 1 is 1.15 bits per heavy atom. The number of carbonyl (C=O) groups excluding carboxylic acids is 2. The zero-order chi connectivity index (χ0) is 32.7. The Morgan fingerprint density at radius 3 is 2.65 bits per heavy atom. The summed E-state index contributed by atoms with van der Waals surface area (Å²) in [6.07, 6.45) is 6.97. The van der Waals surface area contributed by atoms with Gasteiger partial charge in [-0.3, -0.25) is 9.59 Å². The normalized spacial score (nSPS) is 27.5. The number of carbonyl (C=O) groups is 3. The third-order valence-electron chi connectivity index (χ3n) is 9.77. The number of amides is 2. The first-order valence-electron chi connectivity index (χ1n) is 16.1. The molecule has 5 atom stereocenters. The van der Waals surface area contributed by atoms with Crippen LogP contribution in [0.4, 0.5) is 0 Å². The monoisotopic (exact) mass is 646 g/mol. The number of methoxy groups -OCH3 is 1. The highest BCUT2D eigenvalue weighted by molar-refractivity contribution is 7.13. The molecule has 0 spiro atoms. The Labute approximate surface area is 273 Å². The van der Waals surface area contributed by atoms with Crippen molar-refractivity contribution in [1.82, 2.24) is 20.2 Å². The number of aryl methyl sites for hydroxylation is 1. The van der Waals surface area contributed by atoms with Crippen LogP contribution >= 0.6 is 11.3 Å². The first-order chi connectivity index (χ1) is 22.0. The smallest absolute Gasteiger partial charge is 0.330 e. The van der Waals surface area contributed by atoms with E-state index in [4.69, 9.17) is 19.4 Å². The van der Waals surface area contributed by atoms with Crippen LogP contribution in [0.1, 0.15) is 69.5 Å². The topological polar surface area (TPSA) is 131 Å². The van der Waals surface area contributed by atoms with Gasteiger partial charge in [0.15, 0.2) is 0 Å². The molecule has 46 heavy (non-hydrogen) atoms. The maximum Gasteiger partial charge on any atom is 0.330 e. The average molecular weight is 647 g/mol. The first-order valence-corrected chi connectivity index (χ1v) is 17.0. The van der Waals surface area contributed by atoms with Gasteiger partial charge in [0.25, 0.3) is 0 Å². The molecule has 0 radical (unpaired) electrons. The van der Waals surface area contributed by atoms with Gasteiger partial charge in [-0.2, -0.15) is 0 Å². The molecule has 2 aromatic heterocycles. The van der Waals surface area contributed by atoms with Gasteiger partial charge >= 0.3 is 5.97 Å². The standard InChI is InChI=1S/C35H42N4O6S/c1-19(2)27-18-46-32(37-27)26-16-29(23-11-12-28(44-5)20(3)30(23)36-26)45-22-14-24-25(15-22)33(41)39(4)13-9-7-6-8-10-21-17-35(21,34(42)43)38-31(24)40/h8,10-12,16,18-19,21-22,24-25H,6-7,9,13-15,17H2,1-5H3,(H,38,40)(H,42,43)/b10-8-. The van der Waals surface area contributed by atoms with Crippen LogP contribution in [0.5, 0.6) is 11.5 Å². The number of fused-ring (bicyclic) bond motifs is 3. The van der Waals surface area contributed by atoms with Gasteiger partial charge in [0, 0.05) is 41.9 Å². The number of benzene rings is 1. The van der Waals surface area contributed by atoms with Crippen molar-refractivity contribution in [2.24, 2.45) is 17.8 Å². The molecule has 244 valence electrons. The summed E-state index contributed by atoms with van der Waals surface area (Å²) in [5.74, 6) is -1.58. The Bertz CT molecular complexity index is 1700. The Balaban J connectivity index is 1.35. The summed E-state index contributed by atoms with van der Waals surface area (Å²) < 4.78 is 12.3. The van der Waals surface area contributed by atoms with Gasteiger partial charge in [-0.25, -0.2) is 14.8 Å². The van der Waals surface area contributed by atoms with Gasteiger partial charge in [-0.15, -0.1) is 11.3 Å². The zero-order valence-electron chi connectivity index (χ0n) is 27.0. The lowest BCUT2D eigenvalue weighted by atomic mass is 9.93. The number of hydrogen-bond acceptors (Lipinski definition) is 8. The van der Waals surface area contributed by atoms with E-state index in [0.29, 0.717) is 36.6 Å². The molecule has 3 aromatic rings. The lowest BCUT2D eigenvalue weighted by molar-refractivity contribution is -0.145. The van der Waals surface area contributed by atoms with Crippen LogP contribution in [0, 0.1) is 24.7 Å². The lowest BCUT2D eigenvalue weighted by Crippen LogP contribution is -2.49. The van der Waals surface area contributed by atoms with Gasteiger partial charge < -0.3 is 24.8 Å². The summed E-state index contributed by atoms with van der Waals surface area (Å²) in [6.45, 7) is 6.75. The van der Waals surface area contributed by atoms with E-state index in [1.807, 2.05) is 42.7 Å². The first kappa shape index (κ1) is 32.0. The van der Waals surface area contributed by atoms with Gasteiger partial charge in [0.2, 0.25) is 11.8 Å². The van der Waals surface area contributed by atoms with Crippen molar-refractivity contribution in [1.29, 1.82) is 0 Å². The average Bonchev–Trinajstić information content (AvgIpc) is 3.33. The Morgan fingerprint density at radius 2 is 1.93 bits per heavy atom. The highest BCUT2D eigenvalue weighted by Crippen LogP contribution is 2.47.